The molecular formula is C9H17O5P. The summed E-state index contributed by atoms with van der Waals surface area (Å²) in [4.78, 5) is 29.6. The van der Waals surface area contributed by atoms with Crippen LogP contribution in [0, 0.1) is 5.41 Å². The first-order valence-electron chi connectivity index (χ1n) is 5.13. The average Bonchev–Trinajstić information content (AvgIpc) is 2.52. The normalized spacial score (nSPS) is 22.6. The lowest BCUT2D eigenvalue weighted by Gasteiger charge is -2.33. The molecular weight excluding hydrogens is 219 g/mol. The highest BCUT2D eigenvalue weighted by atomic mass is 31.2. The Bertz CT molecular complexity index is 289. The Morgan fingerprint density at radius 3 is 2.13 bits per heavy atom. The van der Waals surface area contributed by atoms with E-state index < -0.39 is 24.6 Å². The molecule has 0 aromatic rings. The summed E-state index contributed by atoms with van der Waals surface area (Å²) >= 11 is 0. The van der Waals surface area contributed by atoms with Gasteiger partial charge in [0.2, 0.25) is 0 Å². The molecule has 15 heavy (non-hydrogen) atoms. The van der Waals surface area contributed by atoms with Crippen LogP contribution in [0.25, 0.3) is 0 Å². The van der Waals surface area contributed by atoms with Gasteiger partial charge < -0.3 is 14.9 Å². The van der Waals surface area contributed by atoms with Crippen molar-refractivity contribution in [1.82, 2.24) is 0 Å². The maximum Gasteiger partial charge on any atom is 0.329 e. The summed E-state index contributed by atoms with van der Waals surface area (Å²) in [6, 6.07) is 0. The Kier molecular flexibility index (Phi) is 3.59. The number of hydrogen-bond donors (Lipinski definition) is 3. The van der Waals surface area contributed by atoms with Crippen LogP contribution < -0.4 is 0 Å². The third kappa shape index (κ3) is 2.25. The van der Waals surface area contributed by atoms with Crippen molar-refractivity contribution in [2.24, 2.45) is 5.41 Å². The Hall–Kier alpha value is -0.380. The first-order valence-corrected chi connectivity index (χ1v) is 6.81. The van der Waals surface area contributed by atoms with Crippen LogP contribution in [0.4, 0.5) is 0 Å². The molecule has 0 saturated heterocycles. The van der Waals surface area contributed by atoms with Crippen LogP contribution >= 0.6 is 7.60 Å². The fourth-order valence-electron chi connectivity index (χ4n) is 2.65. The summed E-state index contributed by atoms with van der Waals surface area (Å²) in [5, 5.41) is 9.19. The minimum absolute atomic E-state index is 0.205. The Labute approximate surface area is 88.7 Å². The Morgan fingerprint density at radius 1 is 1.40 bits per heavy atom. The van der Waals surface area contributed by atoms with E-state index in [4.69, 9.17) is 0 Å². The predicted octanol–water partition coefficient (Wildman–Crippen LogP) is 1.59. The van der Waals surface area contributed by atoms with E-state index in [0.717, 1.165) is 12.8 Å². The number of rotatable bonds is 4. The standard InChI is InChI=1S/C9H17O5P/c1-2-7(15(12,13)14)9(8(10)11)5-3-4-6-9/h7H,2-6H2,1H3,(H,10,11)(H2,12,13,14). The van der Waals surface area contributed by atoms with Crippen LogP contribution in [0.2, 0.25) is 0 Å². The van der Waals surface area contributed by atoms with Gasteiger partial charge in [-0.15, -0.1) is 0 Å². The molecule has 88 valence electrons. The molecule has 1 fully saturated rings. The number of carboxylic acid groups (broad SMARTS) is 1. The summed E-state index contributed by atoms with van der Waals surface area (Å²) in [5.74, 6) is -1.06. The van der Waals surface area contributed by atoms with Gasteiger partial charge in [-0.25, -0.2) is 0 Å². The van der Waals surface area contributed by atoms with Crippen LogP contribution in [0.15, 0.2) is 0 Å². The third-order valence-corrected chi connectivity index (χ3v) is 5.02. The number of carbonyl (C=O) groups is 1. The molecule has 0 heterocycles. The van der Waals surface area contributed by atoms with Crippen LogP contribution in [-0.4, -0.2) is 26.5 Å². The molecule has 0 radical (unpaired) electrons. The maximum absolute atomic E-state index is 11.3. The zero-order valence-electron chi connectivity index (χ0n) is 8.72. The molecule has 1 aliphatic carbocycles. The highest BCUT2D eigenvalue weighted by Crippen LogP contribution is 2.57. The van der Waals surface area contributed by atoms with Gasteiger partial charge in [-0.3, -0.25) is 9.36 Å². The van der Waals surface area contributed by atoms with Crippen molar-refractivity contribution in [2.75, 3.05) is 0 Å². The van der Waals surface area contributed by atoms with E-state index in [0.29, 0.717) is 12.8 Å². The van der Waals surface area contributed by atoms with Crippen molar-refractivity contribution in [3.05, 3.63) is 0 Å². The molecule has 1 unspecified atom stereocenters. The Balaban J connectivity index is 3.07. The summed E-state index contributed by atoms with van der Waals surface area (Å²) < 4.78 is 11.3. The molecule has 5 nitrogen and oxygen atoms in total. The highest BCUT2D eigenvalue weighted by Gasteiger charge is 2.53. The summed E-state index contributed by atoms with van der Waals surface area (Å²) in [6.07, 6.45) is 2.44. The van der Waals surface area contributed by atoms with E-state index in [1.54, 1.807) is 6.92 Å². The molecule has 3 N–H and O–H groups in total. The number of aliphatic carboxylic acids is 1. The van der Waals surface area contributed by atoms with Crippen molar-refractivity contribution in [2.45, 2.75) is 44.7 Å². The second-order valence-corrected chi connectivity index (χ2v) is 5.98. The molecule has 1 atom stereocenters. The van der Waals surface area contributed by atoms with Gasteiger partial charge in [0.25, 0.3) is 0 Å². The van der Waals surface area contributed by atoms with Crippen molar-refractivity contribution in [1.29, 1.82) is 0 Å². The highest BCUT2D eigenvalue weighted by molar-refractivity contribution is 7.52. The average molecular weight is 236 g/mol. The number of carboxylic acids is 1. The van der Waals surface area contributed by atoms with Gasteiger partial charge in [-0.05, 0) is 19.3 Å². The largest absolute Gasteiger partial charge is 0.481 e. The fourth-order valence-corrected chi connectivity index (χ4v) is 4.13. The molecule has 0 aromatic carbocycles. The van der Waals surface area contributed by atoms with E-state index in [2.05, 4.69) is 0 Å². The smallest absolute Gasteiger partial charge is 0.329 e. The van der Waals surface area contributed by atoms with Gasteiger partial charge in [-0.2, -0.15) is 0 Å². The zero-order valence-corrected chi connectivity index (χ0v) is 9.61. The van der Waals surface area contributed by atoms with Crippen LogP contribution in [0.1, 0.15) is 39.0 Å². The molecule has 0 aliphatic heterocycles. The van der Waals surface area contributed by atoms with Crippen LogP contribution in [0.5, 0.6) is 0 Å². The lowest BCUT2D eigenvalue weighted by molar-refractivity contribution is -0.149. The first-order chi connectivity index (χ1) is 6.84. The van der Waals surface area contributed by atoms with Gasteiger partial charge in [0.15, 0.2) is 0 Å². The van der Waals surface area contributed by atoms with Crippen LogP contribution in [0.3, 0.4) is 0 Å². The molecule has 0 amide bonds. The van der Waals surface area contributed by atoms with Crippen molar-refractivity contribution < 1.29 is 24.3 Å². The quantitative estimate of drug-likeness (QED) is 0.644. The van der Waals surface area contributed by atoms with E-state index in [-0.39, 0.29) is 6.42 Å². The van der Waals surface area contributed by atoms with Crippen molar-refractivity contribution >= 4 is 13.6 Å². The molecule has 6 heteroatoms. The number of hydrogen-bond acceptors (Lipinski definition) is 2. The Morgan fingerprint density at radius 2 is 1.87 bits per heavy atom. The minimum atomic E-state index is -4.33. The van der Waals surface area contributed by atoms with Crippen LogP contribution in [-0.2, 0) is 9.36 Å². The molecule has 1 rings (SSSR count). The van der Waals surface area contributed by atoms with Gasteiger partial charge in [-0.1, -0.05) is 19.8 Å². The molecule has 0 aromatic heterocycles. The fraction of sp³-hybridized carbons (Fsp3) is 0.889. The topological polar surface area (TPSA) is 94.8 Å². The van der Waals surface area contributed by atoms with Gasteiger partial charge in [0, 0.05) is 0 Å². The van der Waals surface area contributed by atoms with Gasteiger partial charge in [0.05, 0.1) is 11.1 Å². The monoisotopic (exact) mass is 236 g/mol. The SMILES string of the molecule is CCC(C1(C(=O)O)CCCC1)P(=O)(O)O. The van der Waals surface area contributed by atoms with Crippen molar-refractivity contribution in [3.63, 3.8) is 0 Å². The third-order valence-electron chi connectivity index (χ3n) is 3.35. The summed E-state index contributed by atoms with van der Waals surface area (Å²) in [5.41, 5.74) is -2.24. The van der Waals surface area contributed by atoms with Gasteiger partial charge in [0.1, 0.15) is 0 Å². The second kappa shape index (κ2) is 4.24. The second-order valence-electron chi connectivity index (χ2n) is 4.18. The zero-order chi connectivity index (χ0) is 11.7. The van der Waals surface area contributed by atoms with E-state index in [9.17, 15) is 24.3 Å². The predicted molar refractivity (Wildman–Crippen MR) is 54.7 cm³/mol. The van der Waals surface area contributed by atoms with E-state index in [1.807, 2.05) is 0 Å². The molecule has 0 bridgehead atoms. The molecule has 1 saturated carbocycles. The summed E-state index contributed by atoms with van der Waals surface area (Å²) in [6.45, 7) is 1.63. The molecule has 0 spiro atoms. The molecule has 1 aliphatic rings. The van der Waals surface area contributed by atoms with Crippen molar-refractivity contribution in [3.8, 4) is 0 Å². The lowest BCUT2D eigenvalue weighted by atomic mass is 9.81. The minimum Gasteiger partial charge on any atom is -0.481 e. The maximum atomic E-state index is 11.3. The van der Waals surface area contributed by atoms with E-state index >= 15 is 0 Å². The van der Waals surface area contributed by atoms with Gasteiger partial charge >= 0.3 is 13.6 Å². The summed E-state index contributed by atoms with van der Waals surface area (Å²) in [7, 11) is -4.33. The first kappa shape index (κ1) is 12.7. The lowest BCUT2D eigenvalue weighted by Crippen LogP contribution is -2.39. The van der Waals surface area contributed by atoms with E-state index in [1.165, 1.54) is 0 Å².